The van der Waals surface area contributed by atoms with Crippen molar-refractivity contribution in [1.29, 1.82) is 0 Å². The Morgan fingerprint density at radius 2 is 1.28 bits per heavy atom. The zero-order valence-electron chi connectivity index (χ0n) is 23.2. The fraction of sp³-hybridized carbons (Fsp3) is 1.00. The standard InChI is InChI=1S/C32H56/c1-9-11-22(2)23-14-19-29(5)24(23)15-20-31(7)26(29)12-13-27-30(6)18-10-17-28(3,4)25(30)16-21-32(27,31)8/h22-27H,9-21H2,1-8H3/t22-,23?,24-,25?,26?,27?,29+,30+,31-,32-/m1/s1. The Kier molecular flexibility index (Phi) is 5.56. The van der Waals surface area contributed by atoms with Crippen molar-refractivity contribution in [1.82, 2.24) is 0 Å². The lowest BCUT2D eigenvalue weighted by Gasteiger charge is -2.73. The molecule has 0 N–H and O–H groups in total. The van der Waals surface area contributed by atoms with Gasteiger partial charge < -0.3 is 0 Å². The molecule has 0 aliphatic heterocycles. The molecule has 0 nitrogen and oxygen atoms in total. The number of fused-ring (bicyclic) bond motifs is 7. The Hall–Kier alpha value is 0. The minimum absolute atomic E-state index is 0.559. The van der Waals surface area contributed by atoms with Gasteiger partial charge in [-0.3, -0.25) is 0 Å². The van der Waals surface area contributed by atoms with Crippen LogP contribution in [0.4, 0.5) is 0 Å². The second kappa shape index (κ2) is 7.50. The lowest BCUT2D eigenvalue weighted by atomic mass is 9.32. The monoisotopic (exact) mass is 440 g/mol. The van der Waals surface area contributed by atoms with Gasteiger partial charge in [-0.15, -0.1) is 0 Å². The van der Waals surface area contributed by atoms with Crippen molar-refractivity contribution in [3.8, 4) is 0 Å². The van der Waals surface area contributed by atoms with Gasteiger partial charge in [0, 0.05) is 0 Å². The molecule has 0 aromatic carbocycles. The molecule has 184 valence electrons. The van der Waals surface area contributed by atoms with Gasteiger partial charge in [0.25, 0.3) is 0 Å². The third-order valence-corrected chi connectivity index (χ3v) is 14.2. The van der Waals surface area contributed by atoms with E-state index >= 15 is 0 Å². The molecule has 0 heteroatoms. The molecule has 32 heavy (non-hydrogen) atoms. The van der Waals surface area contributed by atoms with E-state index in [9.17, 15) is 0 Å². The number of rotatable bonds is 3. The second-order valence-corrected chi connectivity index (χ2v) is 15.6. The van der Waals surface area contributed by atoms with E-state index in [1.807, 2.05) is 0 Å². The molecule has 4 unspecified atom stereocenters. The van der Waals surface area contributed by atoms with Gasteiger partial charge in [-0.2, -0.15) is 0 Å². The van der Waals surface area contributed by atoms with Crippen molar-refractivity contribution < 1.29 is 0 Å². The van der Waals surface area contributed by atoms with Crippen molar-refractivity contribution in [2.24, 2.45) is 62.6 Å². The smallest absolute Gasteiger partial charge is 0.0235 e. The van der Waals surface area contributed by atoms with Gasteiger partial charge in [-0.05, 0) is 127 Å². The van der Waals surface area contributed by atoms with Gasteiger partial charge in [-0.1, -0.05) is 74.7 Å². The van der Waals surface area contributed by atoms with Crippen LogP contribution in [0.25, 0.3) is 0 Å². The fourth-order valence-electron chi connectivity index (χ4n) is 12.7. The van der Waals surface area contributed by atoms with Crippen molar-refractivity contribution in [2.75, 3.05) is 0 Å². The molecule has 5 rings (SSSR count). The Balaban J connectivity index is 1.48. The van der Waals surface area contributed by atoms with E-state index in [1.165, 1.54) is 77.0 Å². The van der Waals surface area contributed by atoms with Crippen molar-refractivity contribution in [2.45, 2.75) is 139 Å². The van der Waals surface area contributed by atoms with Crippen LogP contribution >= 0.6 is 0 Å². The topological polar surface area (TPSA) is 0 Å². The molecular weight excluding hydrogens is 384 g/mol. The van der Waals surface area contributed by atoms with Crippen LogP contribution in [0.3, 0.4) is 0 Å². The first-order chi connectivity index (χ1) is 14.9. The van der Waals surface area contributed by atoms with Gasteiger partial charge in [-0.25, -0.2) is 0 Å². The SMILES string of the molecule is CCC[C@@H](C)C1CC[C@]2(C)C3CCC4[C@@]5(C)CCCC(C)(C)C5CC[C@@]4(C)[C@]3(C)CC[C@H]12. The predicted molar refractivity (Wildman–Crippen MR) is 139 cm³/mol. The molecule has 5 saturated carbocycles. The molecular formula is C32H56. The van der Waals surface area contributed by atoms with Gasteiger partial charge in [0.05, 0.1) is 0 Å². The summed E-state index contributed by atoms with van der Waals surface area (Å²) in [4.78, 5) is 0. The Bertz CT molecular complexity index is 720. The number of hydrogen-bond acceptors (Lipinski definition) is 0. The predicted octanol–water partition coefficient (Wildman–Crippen LogP) is 9.91. The van der Waals surface area contributed by atoms with E-state index in [2.05, 4.69) is 55.4 Å². The van der Waals surface area contributed by atoms with Crippen LogP contribution in [0.5, 0.6) is 0 Å². The average Bonchev–Trinajstić information content (AvgIpc) is 3.05. The van der Waals surface area contributed by atoms with Gasteiger partial charge in [0.15, 0.2) is 0 Å². The third-order valence-electron chi connectivity index (χ3n) is 14.2. The van der Waals surface area contributed by atoms with E-state index in [0.29, 0.717) is 27.1 Å². The summed E-state index contributed by atoms with van der Waals surface area (Å²) in [5, 5.41) is 0. The van der Waals surface area contributed by atoms with E-state index in [4.69, 9.17) is 0 Å². The van der Waals surface area contributed by atoms with E-state index < -0.39 is 0 Å². The maximum Gasteiger partial charge on any atom is -0.0235 e. The summed E-state index contributed by atoms with van der Waals surface area (Å²) in [6.07, 6.45) is 19.5. The molecule has 0 saturated heterocycles. The van der Waals surface area contributed by atoms with Gasteiger partial charge >= 0.3 is 0 Å². The molecule has 5 fully saturated rings. The molecule has 10 atom stereocenters. The van der Waals surface area contributed by atoms with Crippen LogP contribution in [0.15, 0.2) is 0 Å². The van der Waals surface area contributed by atoms with Crippen molar-refractivity contribution in [3.63, 3.8) is 0 Å². The minimum Gasteiger partial charge on any atom is -0.0654 e. The summed E-state index contributed by atoms with van der Waals surface area (Å²) in [5.74, 6) is 5.88. The maximum atomic E-state index is 2.83. The van der Waals surface area contributed by atoms with Crippen LogP contribution in [0, 0.1) is 62.6 Å². The summed E-state index contributed by atoms with van der Waals surface area (Å²) in [7, 11) is 0. The van der Waals surface area contributed by atoms with Crippen molar-refractivity contribution in [3.05, 3.63) is 0 Å². The molecule has 5 aliphatic rings. The first-order valence-corrected chi connectivity index (χ1v) is 14.9. The average molecular weight is 441 g/mol. The van der Waals surface area contributed by atoms with Crippen LogP contribution in [0.1, 0.15) is 139 Å². The highest BCUT2D eigenvalue weighted by Gasteiger charge is 2.70. The molecule has 0 aromatic rings. The molecule has 0 amide bonds. The van der Waals surface area contributed by atoms with Crippen LogP contribution in [-0.2, 0) is 0 Å². The summed E-state index contributed by atoms with van der Waals surface area (Å²) < 4.78 is 0. The summed E-state index contributed by atoms with van der Waals surface area (Å²) in [6.45, 7) is 21.4. The summed E-state index contributed by atoms with van der Waals surface area (Å²) in [5.41, 5.74) is 2.91. The molecule has 0 radical (unpaired) electrons. The van der Waals surface area contributed by atoms with Crippen molar-refractivity contribution >= 4 is 0 Å². The fourth-order valence-corrected chi connectivity index (χ4v) is 12.7. The highest BCUT2D eigenvalue weighted by molar-refractivity contribution is 5.19. The maximum absolute atomic E-state index is 2.83. The van der Waals surface area contributed by atoms with Crippen LogP contribution < -0.4 is 0 Å². The van der Waals surface area contributed by atoms with E-state index in [1.54, 1.807) is 6.42 Å². The van der Waals surface area contributed by atoms with E-state index in [0.717, 1.165) is 35.5 Å². The summed E-state index contributed by atoms with van der Waals surface area (Å²) in [6, 6.07) is 0. The van der Waals surface area contributed by atoms with Crippen LogP contribution in [-0.4, -0.2) is 0 Å². The Morgan fingerprint density at radius 3 is 1.94 bits per heavy atom. The van der Waals surface area contributed by atoms with Gasteiger partial charge in [0.2, 0.25) is 0 Å². The normalized spacial score (nSPS) is 55.3. The highest BCUT2D eigenvalue weighted by Crippen LogP contribution is 2.78. The quantitative estimate of drug-likeness (QED) is 0.409. The van der Waals surface area contributed by atoms with Crippen LogP contribution in [0.2, 0.25) is 0 Å². The largest absolute Gasteiger partial charge is 0.0654 e. The Labute approximate surface area is 201 Å². The highest BCUT2D eigenvalue weighted by atomic mass is 14.7. The van der Waals surface area contributed by atoms with E-state index in [-0.39, 0.29) is 0 Å². The molecule has 0 bridgehead atoms. The molecule has 0 heterocycles. The zero-order valence-corrected chi connectivity index (χ0v) is 23.2. The number of hydrogen-bond donors (Lipinski definition) is 0. The molecule has 0 spiro atoms. The van der Waals surface area contributed by atoms with Gasteiger partial charge in [0.1, 0.15) is 0 Å². The minimum atomic E-state index is 0.559. The third kappa shape index (κ3) is 2.92. The molecule has 0 aromatic heterocycles. The molecule has 5 aliphatic carbocycles. The first-order valence-electron chi connectivity index (χ1n) is 14.9. The lowest BCUT2D eigenvalue weighted by molar-refractivity contribution is -0.241. The summed E-state index contributed by atoms with van der Waals surface area (Å²) >= 11 is 0. The Morgan fingerprint density at radius 1 is 0.656 bits per heavy atom. The second-order valence-electron chi connectivity index (χ2n) is 15.6. The first kappa shape index (κ1) is 23.7. The lowest BCUT2D eigenvalue weighted by Crippen LogP contribution is -2.65. The zero-order chi connectivity index (χ0) is 23.2.